The number of benzene rings is 1. The van der Waals surface area contributed by atoms with Gasteiger partial charge in [-0.3, -0.25) is 24.6 Å². The van der Waals surface area contributed by atoms with Crippen molar-refractivity contribution < 1.29 is 28.4 Å². The number of likely N-dealkylation sites (tertiary alicyclic amines) is 1. The summed E-state index contributed by atoms with van der Waals surface area (Å²) in [6, 6.07) is 2.67. The normalized spacial score (nSPS) is 19.7. The quantitative estimate of drug-likeness (QED) is 0.190. The van der Waals surface area contributed by atoms with Crippen LogP contribution in [0, 0.1) is 10.1 Å². The first-order valence-electron chi connectivity index (χ1n) is 7.92. The third-order valence-electron chi connectivity index (χ3n) is 3.92. The van der Waals surface area contributed by atoms with Crippen molar-refractivity contribution >= 4 is 23.5 Å². The summed E-state index contributed by atoms with van der Waals surface area (Å²) in [5, 5.41) is 12.8. The summed E-state index contributed by atoms with van der Waals surface area (Å²) >= 11 is 0. The van der Waals surface area contributed by atoms with Crippen LogP contribution in [-0.2, 0) is 25.7 Å². The largest absolute Gasteiger partial charge is 0.459 e. The van der Waals surface area contributed by atoms with E-state index in [2.05, 4.69) is 11.9 Å². The number of hydrogen-bond acceptors (Lipinski definition) is 6. The SMILES string of the molecule is C=C(C)C(C(=O)OCc1ccc([N+](=O)[O-])cc1)N1C(=O)C(NC(C)=O)C1F. The molecule has 27 heavy (non-hydrogen) atoms. The number of nitro groups is 1. The lowest BCUT2D eigenvalue weighted by Gasteiger charge is -2.45. The van der Waals surface area contributed by atoms with Crippen molar-refractivity contribution in [1.82, 2.24) is 10.2 Å². The number of ether oxygens (including phenoxy) is 1. The molecule has 1 heterocycles. The molecule has 2 amide bonds. The molecule has 1 aromatic carbocycles. The number of nitrogens with zero attached hydrogens (tertiary/aromatic N) is 2. The lowest BCUT2D eigenvalue weighted by Crippen LogP contribution is -2.72. The monoisotopic (exact) mass is 379 g/mol. The Morgan fingerprint density at radius 3 is 2.41 bits per heavy atom. The van der Waals surface area contributed by atoms with E-state index in [1.54, 1.807) is 0 Å². The van der Waals surface area contributed by atoms with E-state index in [1.807, 2.05) is 0 Å². The summed E-state index contributed by atoms with van der Waals surface area (Å²) in [7, 11) is 0. The number of carbonyl (C=O) groups is 3. The van der Waals surface area contributed by atoms with Crippen LogP contribution in [0.4, 0.5) is 10.1 Å². The molecule has 3 atom stereocenters. The number of rotatable bonds is 7. The second-order valence-electron chi connectivity index (χ2n) is 6.08. The molecule has 2 rings (SSSR count). The van der Waals surface area contributed by atoms with Gasteiger partial charge in [-0.2, -0.15) is 0 Å². The summed E-state index contributed by atoms with van der Waals surface area (Å²) < 4.78 is 19.4. The third-order valence-corrected chi connectivity index (χ3v) is 3.92. The number of esters is 1. The van der Waals surface area contributed by atoms with Crippen LogP contribution < -0.4 is 5.32 Å². The van der Waals surface area contributed by atoms with Gasteiger partial charge in [0.1, 0.15) is 6.61 Å². The van der Waals surface area contributed by atoms with E-state index >= 15 is 0 Å². The van der Waals surface area contributed by atoms with Gasteiger partial charge in [-0.1, -0.05) is 6.58 Å². The van der Waals surface area contributed by atoms with Gasteiger partial charge >= 0.3 is 5.97 Å². The highest BCUT2D eigenvalue weighted by atomic mass is 19.1. The Morgan fingerprint density at radius 1 is 1.37 bits per heavy atom. The van der Waals surface area contributed by atoms with Gasteiger partial charge in [0.05, 0.1) is 4.92 Å². The molecule has 1 aliphatic rings. The Kier molecular flexibility index (Phi) is 5.88. The van der Waals surface area contributed by atoms with E-state index < -0.39 is 41.1 Å². The van der Waals surface area contributed by atoms with Crippen LogP contribution in [0.1, 0.15) is 19.4 Å². The maximum absolute atomic E-state index is 14.3. The lowest BCUT2D eigenvalue weighted by atomic mass is 9.98. The van der Waals surface area contributed by atoms with Crippen LogP contribution in [0.3, 0.4) is 0 Å². The number of β-lactam (4-membered cyclic amide) rings is 1. The minimum absolute atomic E-state index is 0.111. The summed E-state index contributed by atoms with van der Waals surface area (Å²) in [6.07, 6.45) is -1.88. The molecule has 9 nitrogen and oxygen atoms in total. The highest BCUT2D eigenvalue weighted by Gasteiger charge is 2.54. The van der Waals surface area contributed by atoms with E-state index in [0.29, 0.717) is 10.5 Å². The number of hydrogen-bond donors (Lipinski definition) is 1. The fourth-order valence-electron chi connectivity index (χ4n) is 2.60. The van der Waals surface area contributed by atoms with Crippen molar-refractivity contribution in [2.45, 2.75) is 38.8 Å². The lowest BCUT2D eigenvalue weighted by molar-refractivity contribution is -0.384. The van der Waals surface area contributed by atoms with Crippen molar-refractivity contribution in [1.29, 1.82) is 0 Å². The first-order valence-corrected chi connectivity index (χ1v) is 7.92. The maximum Gasteiger partial charge on any atom is 0.333 e. The first kappa shape index (κ1) is 20.0. The molecule has 0 aromatic heterocycles. The number of nitro benzene ring substituents is 1. The fraction of sp³-hybridized carbons (Fsp3) is 0.353. The molecule has 1 N–H and O–H groups in total. The smallest absolute Gasteiger partial charge is 0.333 e. The van der Waals surface area contributed by atoms with Crippen LogP contribution in [-0.4, -0.2) is 46.0 Å². The maximum atomic E-state index is 14.3. The van der Waals surface area contributed by atoms with Gasteiger partial charge in [0, 0.05) is 19.1 Å². The molecule has 1 fully saturated rings. The number of amides is 2. The van der Waals surface area contributed by atoms with Gasteiger partial charge in [-0.05, 0) is 30.2 Å². The zero-order valence-electron chi connectivity index (χ0n) is 14.7. The van der Waals surface area contributed by atoms with Crippen LogP contribution in [0.25, 0.3) is 0 Å². The Bertz CT molecular complexity index is 794. The molecule has 1 saturated heterocycles. The van der Waals surface area contributed by atoms with Crippen LogP contribution in [0.5, 0.6) is 0 Å². The summed E-state index contributed by atoms with van der Waals surface area (Å²) in [5.74, 6) is -2.21. The Morgan fingerprint density at radius 2 is 1.96 bits per heavy atom. The molecular formula is C17H18FN3O6. The van der Waals surface area contributed by atoms with Crippen molar-refractivity contribution in [3.8, 4) is 0 Å². The van der Waals surface area contributed by atoms with Gasteiger partial charge in [-0.25, -0.2) is 9.18 Å². The van der Waals surface area contributed by atoms with E-state index in [4.69, 9.17) is 4.74 Å². The molecular weight excluding hydrogens is 361 g/mol. The van der Waals surface area contributed by atoms with Crippen LogP contribution in [0.2, 0.25) is 0 Å². The number of halogens is 1. The van der Waals surface area contributed by atoms with Crippen LogP contribution >= 0.6 is 0 Å². The summed E-state index contributed by atoms with van der Waals surface area (Å²) in [4.78, 5) is 46.2. The van der Waals surface area contributed by atoms with Gasteiger partial charge in [-0.15, -0.1) is 0 Å². The summed E-state index contributed by atoms with van der Waals surface area (Å²) in [6.45, 7) is 5.98. The minimum Gasteiger partial charge on any atom is -0.459 e. The topological polar surface area (TPSA) is 119 Å². The molecule has 0 spiro atoms. The van der Waals surface area contributed by atoms with Crippen molar-refractivity contribution in [3.05, 3.63) is 52.1 Å². The molecule has 10 heteroatoms. The predicted molar refractivity (Wildman–Crippen MR) is 90.8 cm³/mol. The molecule has 1 aromatic rings. The number of alkyl halides is 1. The molecule has 0 radical (unpaired) electrons. The Balaban J connectivity index is 2.03. The molecule has 144 valence electrons. The standard InChI is InChI=1S/C17H18FN3O6/c1-9(2)14(20-15(18)13(16(20)23)19-10(3)22)17(24)27-8-11-4-6-12(7-5-11)21(25)26/h4-7,13-15H,1,8H2,2-3H3,(H,19,22). The Hall–Kier alpha value is -3.30. The zero-order valence-corrected chi connectivity index (χ0v) is 14.7. The average Bonchev–Trinajstić information content (AvgIpc) is 2.61. The van der Waals surface area contributed by atoms with Crippen molar-refractivity contribution in [2.24, 2.45) is 0 Å². The molecule has 3 unspecified atom stereocenters. The summed E-state index contributed by atoms with van der Waals surface area (Å²) in [5.41, 5.74) is 0.568. The van der Waals surface area contributed by atoms with Crippen molar-refractivity contribution in [3.63, 3.8) is 0 Å². The predicted octanol–water partition coefficient (Wildman–Crippen LogP) is 1.23. The molecule has 0 bridgehead atoms. The number of carbonyl (C=O) groups excluding carboxylic acids is 3. The molecule has 1 aliphatic heterocycles. The highest BCUT2D eigenvalue weighted by molar-refractivity contribution is 5.96. The van der Waals surface area contributed by atoms with E-state index in [1.165, 1.54) is 31.2 Å². The van der Waals surface area contributed by atoms with Gasteiger partial charge in [0.25, 0.3) is 11.6 Å². The Labute approximate surface area is 153 Å². The average molecular weight is 379 g/mol. The zero-order chi connectivity index (χ0) is 20.3. The molecule has 0 aliphatic carbocycles. The van der Waals surface area contributed by atoms with Gasteiger partial charge < -0.3 is 10.1 Å². The minimum atomic E-state index is -1.88. The third kappa shape index (κ3) is 4.27. The van der Waals surface area contributed by atoms with E-state index in [-0.39, 0.29) is 17.9 Å². The van der Waals surface area contributed by atoms with E-state index in [9.17, 15) is 28.9 Å². The molecule has 0 saturated carbocycles. The van der Waals surface area contributed by atoms with Crippen molar-refractivity contribution in [2.75, 3.05) is 0 Å². The highest BCUT2D eigenvalue weighted by Crippen LogP contribution is 2.28. The van der Waals surface area contributed by atoms with E-state index in [0.717, 1.165) is 6.92 Å². The number of non-ortho nitro benzene ring substituents is 1. The van der Waals surface area contributed by atoms with Crippen LogP contribution in [0.15, 0.2) is 36.4 Å². The second-order valence-corrected chi connectivity index (χ2v) is 6.08. The number of nitrogens with one attached hydrogen (secondary N) is 1. The van der Waals surface area contributed by atoms with Gasteiger partial charge in [0.15, 0.2) is 12.1 Å². The van der Waals surface area contributed by atoms with Gasteiger partial charge in [0.2, 0.25) is 12.2 Å². The first-order chi connectivity index (χ1) is 12.6. The second kappa shape index (κ2) is 7.94. The fourth-order valence-corrected chi connectivity index (χ4v) is 2.60.